The van der Waals surface area contributed by atoms with Crippen molar-refractivity contribution >= 4 is 17.3 Å². The number of rotatable bonds is 4. The summed E-state index contributed by atoms with van der Waals surface area (Å²) in [6.45, 7) is 5.76. The standard InChI is InChI=1S/C24H25F2N5O3/c1-15(13-17(26)14-16(2)25)18-6-7-20-31(18)23(33)24(34-20)8-11-29(12-9-24)22(32)21-19-5-3-4-10-30(19)28-27-21/h3-5,10,13-14,18,20H,1,6-9,11-12H2,2H3/b16-14+,17-13+/t18-,20+/m0/s1. The van der Waals surface area contributed by atoms with Gasteiger partial charge in [0.05, 0.1) is 17.4 Å². The zero-order valence-electron chi connectivity index (χ0n) is 18.8. The molecule has 0 bridgehead atoms. The van der Waals surface area contributed by atoms with Crippen molar-refractivity contribution in [1.29, 1.82) is 0 Å². The van der Waals surface area contributed by atoms with Crippen molar-refractivity contribution < 1.29 is 23.1 Å². The maximum Gasteiger partial charge on any atom is 0.276 e. The van der Waals surface area contributed by atoms with Gasteiger partial charge in [0.1, 0.15) is 12.1 Å². The normalized spacial score (nSPS) is 24.9. The lowest BCUT2D eigenvalue weighted by Gasteiger charge is -2.37. The Kier molecular flexibility index (Phi) is 5.55. The first-order chi connectivity index (χ1) is 16.3. The van der Waals surface area contributed by atoms with E-state index in [1.165, 1.54) is 6.08 Å². The maximum atomic E-state index is 14.0. The van der Waals surface area contributed by atoms with Crippen molar-refractivity contribution in [3.63, 3.8) is 0 Å². The molecular weight excluding hydrogens is 444 g/mol. The zero-order chi connectivity index (χ0) is 24.0. The lowest BCUT2D eigenvalue weighted by Crippen LogP contribution is -2.52. The van der Waals surface area contributed by atoms with Crippen molar-refractivity contribution in [2.45, 2.75) is 50.5 Å². The van der Waals surface area contributed by atoms with Crippen LogP contribution in [-0.4, -0.2) is 67.4 Å². The van der Waals surface area contributed by atoms with Crippen LogP contribution >= 0.6 is 0 Å². The van der Waals surface area contributed by atoms with E-state index in [1.807, 2.05) is 6.07 Å². The van der Waals surface area contributed by atoms with Gasteiger partial charge in [-0.2, -0.15) is 0 Å². The number of carbonyl (C=O) groups is 2. The number of hydrogen-bond donors (Lipinski definition) is 0. The van der Waals surface area contributed by atoms with E-state index in [0.717, 1.165) is 13.0 Å². The van der Waals surface area contributed by atoms with Gasteiger partial charge in [0.15, 0.2) is 11.3 Å². The van der Waals surface area contributed by atoms with Crippen LogP contribution in [0.15, 0.2) is 60.4 Å². The first-order valence-corrected chi connectivity index (χ1v) is 11.3. The number of aromatic nitrogens is 3. The van der Waals surface area contributed by atoms with Gasteiger partial charge in [-0.25, -0.2) is 13.3 Å². The molecule has 3 fully saturated rings. The average Bonchev–Trinajstić information content (AvgIpc) is 3.48. The quantitative estimate of drug-likeness (QED) is 0.642. The summed E-state index contributed by atoms with van der Waals surface area (Å²) in [5.41, 5.74) is 0.296. The Morgan fingerprint density at radius 3 is 2.74 bits per heavy atom. The molecule has 8 nitrogen and oxygen atoms in total. The van der Waals surface area contributed by atoms with Crippen LogP contribution < -0.4 is 0 Å². The molecule has 0 radical (unpaired) electrons. The van der Waals surface area contributed by atoms with Crippen molar-refractivity contribution in [2.75, 3.05) is 13.1 Å². The Bertz CT molecular complexity index is 1220. The van der Waals surface area contributed by atoms with Crippen molar-refractivity contribution in [3.05, 3.63) is 66.0 Å². The largest absolute Gasteiger partial charge is 0.342 e. The number of carbonyl (C=O) groups excluding carboxylic acids is 2. The second-order valence-electron chi connectivity index (χ2n) is 8.97. The molecule has 0 N–H and O–H groups in total. The van der Waals surface area contributed by atoms with Gasteiger partial charge in [-0.3, -0.25) is 9.59 Å². The Labute approximate surface area is 195 Å². The molecule has 5 heterocycles. The maximum absolute atomic E-state index is 14.0. The first-order valence-electron chi connectivity index (χ1n) is 11.3. The number of halogens is 2. The third-order valence-electron chi connectivity index (χ3n) is 6.79. The lowest BCUT2D eigenvalue weighted by atomic mass is 9.89. The number of hydrogen-bond acceptors (Lipinski definition) is 5. The summed E-state index contributed by atoms with van der Waals surface area (Å²) in [7, 11) is 0. The molecule has 3 saturated heterocycles. The molecule has 2 amide bonds. The van der Waals surface area contributed by atoms with E-state index >= 15 is 0 Å². The van der Waals surface area contributed by atoms with E-state index in [4.69, 9.17) is 4.74 Å². The molecule has 34 heavy (non-hydrogen) atoms. The molecule has 178 valence electrons. The fourth-order valence-electron chi connectivity index (χ4n) is 5.13. The number of allylic oxidation sites excluding steroid dienone is 3. The SMILES string of the molecule is C=C(/C=C(F)\C=C(/C)F)[C@@H]1CC[C@H]2OC3(CCN(C(=O)c4nnn5ccccc45)CC3)C(=O)N21. The summed E-state index contributed by atoms with van der Waals surface area (Å²) in [6, 6.07) is 5.00. The number of fused-ring (bicyclic) bond motifs is 2. The van der Waals surface area contributed by atoms with E-state index in [9.17, 15) is 18.4 Å². The van der Waals surface area contributed by atoms with Crippen molar-refractivity contribution in [1.82, 2.24) is 24.6 Å². The van der Waals surface area contributed by atoms with Crippen LogP contribution in [0.1, 0.15) is 43.1 Å². The minimum absolute atomic E-state index is 0.159. The summed E-state index contributed by atoms with van der Waals surface area (Å²) in [5.74, 6) is -1.78. The summed E-state index contributed by atoms with van der Waals surface area (Å²) in [6.07, 6.45) is 5.19. The third kappa shape index (κ3) is 3.71. The van der Waals surface area contributed by atoms with Gasteiger partial charge >= 0.3 is 0 Å². The molecular formula is C24H25F2N5O3. The van der Waals surface area contributed by atoms with E-state index < -0.39 is 29.5 Å². The van der Waals surface area contributed by atoms with Crippen LogP contribution in [0.4, 0.5) is 8.78 Å². The summed E-state index contributed by atoms with van der Waals surface area (Å²) >= 11 is 0. The lowest BCUT2D eigenvalue weighted by molar-refractivity contribution is -0.142. The molecule has 2 aromatic heterocycles. The molecule has 10 heteroatoms. The van der Waals surface area contributed by atoms with E-state index in [2.05, 4.69) is 16.9 Å². The van der Waals surface area contributed by atoms with E-state index in [0.29, 0.717) is 49.9 Å². The Balaban J connectivity index is 1.28. The molecule has 0 aromatic carbocycles. The zero-order valence-corrected chi connectivity index (χ0v) is 18.8. The van der Waals surface area contributed by atoms with E-state index in [-0.39, 0.29) is 17.5 Å². The highest BCUT2D eigenvalue weighted by atomic mass is 19.1. The molecule has 1 spiro atoms. The number of nitrogens with zero attached hydrogens (tertiary/aromatic N) is 5. The number of piperidine rings is 1. The Morgan fingerprint density at radius 2 is 2.00 bits per heavy atom. The summed E-state index contributed by atoms with van der Waals surface area (Å²) in [5, 5.41) is 8.02. The second-order valence-corrected chi connectivity index (χ2v) is 8.97. The van der Waals surface area contributed by atoms with E-state index in [1.54, 1.807) is 32.6 Å². The molecule has 2 aromatic rings. The second kappa shape index (κ2) is 8.43. The average molecular weight is 469 g/mol. The molecule has 2 atom stereocenters. The minimum atomic E-state index is -1.01. The molecule has 0 aliphatic carbocycles. The fourth-order valence-corrected chi connectivity index (χ4v) is 5.13. The van der Waals surface area contributed by atoms with Gasteiger partial charge in [-0.1, -0.05) is 17.9 Å². The van der Waals surface area contributed by atoms with Crippen LogP contribution in [0.2, 0.25) is 0 Å². The summed E-state index contributed by atoms with van der Waals surface area (Å²) in [4.78, 5) is 29.8. The van der Waals surface area contributed by atoms with Crippen LogP contribution in [0, 0.1) is 0 Å². The number of ether oxygens (including phenoxy) is 1. The topological polar surface area (TPSA) is 80.0 Å². The van der Waals surface area contributed by atoms with Crippen LogP contribution in [0.3, 0.4) is 0 Å². The van der Waals surface area contributed by atoms with Crippen molar-refractivity contribution in [3.8, 4) is 0 Å². The highest BCUT2D eigenvalue weighted by molar-refractivity contribution is 5.99. The monoisotopic (exact) mass is 469 g/mol. The van der Waals surface area contributed by atoms with Gasteiger partial charge in [0.25, 0.3) is 11.8 Å². The number of pyridine rings is 1. The first kappa shape index (κ1) is 22.4. The van der Waals surface area contributed by atoms with Crippen LogP contribution in [0.25, 0.3) is 5.52 Å². The van der Waals surface area contributed by atoms with Gasteiger partial charge < -0.3 is 14.5 Å². The predicted molar refractivity (Wildman–Crippen MR) is 119 cm³/mol. The predicted octanol–water partition coefficient (Wildman–Crippen LogP) is 3.33. The van der Waals surface area contributed by atoms with Gasteiger partial charge in [0.2, 0.25) is 0 Å². The highest BCUT2D eigenvalue weighted by Crippen LogP contribution is 2.44. The molecule has 3 aliphatic rings. The fraction of sp³-hybridized carbons (Fsp3) is 0.417. The Hall–Kier alpha value is -3.40. The minimum Gasteiger partial charge on any atom is -0.342 e. The number of amides is 2. The molecule has 0 unspecified atom stereocenters. The van der Waals surface area contributed by atoms with Crippen molar-refractivity contribution in [2.24, 2.45) is 0 Å². The smallest absolute Gasteiger partial charge is 0.276 e. The van der Waals surface area contributed by atoms with Crippen LogP contribution in [-0.2, 0) is 9.53 Å². The third-order valence-corrected chi connectivity index (χ3v) is 6.79. The molecule has 5 rings (SSSR count). The highest BCUT2D eigenvalue weighted by Gasteiger charge is 2.58. The number of likely N-dealkylation sites (tertiary alicyclic amines) is 1. The summed E-state index contributed by atoms with van der Waals surface area (Å²) < 4.78 is 34.8. The molecule has 0 saturated carbocycles. The van der Waals surface area contributed by atoms with Gasteiger partial charge in [-0.05, 0) is 43.5 Å². The molecule has 3 aliphatic heterocycles. The Morgan fingerprint density at radius 1 is 1.24 bits per heavy atom. The van der Waals surface area contributed by atoms with Crippen LogP contribution in [0.5, 0.6) is 0 Å². The van der Waals surface area contributed by atoms with Gasteiger partial charge in [-0.15, -0.1) is 5.10 Å². The van der Waals surface area contributed by atoms with Gasteiger partial charge in [0, 0.05) is 38.2 Å².